The molecular weight excluding hydrogens is 434 g/mol. The predicted molar refractivity (Wildman–Crippen MR) is 116 cm³/mol. The van der Waals surface area contributed by atoms with E-state index < -0.39 is 71.9 Å². The van der Waals surface area contributed by atoms with Gasteiger partial charge in [-0.2, -0.15) is 0 Å². The lowest BCUT2D eigenvalue weighted by atomic mass is 9.84. The van der Waals surface area contributed by atoms with Gasteiger partial charge in [-0.05, 0) is 54.4 Å². The molecule has 3 fully saturated rings. The Morgan fingerprint density at radius 1 is 0.848 bits per heavy atom. The number of carbonyl (C=O) groups excluding carboxylic acids is 2. The van der Waals surface area contributed by atoms with Crippen molar-refractivity contribution in [1.29, 1.82) is 0 Å². The molecule has 3 aliphatic rings. The van der Waals surface area contributed by atoms with E-state index in [9.17, 15) is 9.59 Å². The van der Waals surface area contributed by atoms with Crippen molar-refractivity contribution in [2.75, 3.05) is 7.11 Å². The van der Waals surface area contributed by atoms with Crippen molar-refractivity contribution in [1.82, 2.24) is 5.32 Å². The third-order valence-electron chi connectivity index (χ3n) is 5.74. The fourth-order valence-corrected chi connectivity index (χ4v) is 4.57. The van der Waals surface area contributed by atoms with Crippen molar-refractivity contribution >= 4 is 12.1 Å². The van der Waals surface area contributed by atoms with Crippen LogP contribution < -0.4 is 5.32 Å². The third kappa shape index (κ3) is 5.79. The van der Waals surface area contributed by atoms with E-state index in [0.717, 1.165) is 0 Å². The third-order valence-corrected chi connectivity index (χ3v) is 5.74. The average molecular weight is 474 g/mol. The van der Waals surface area contributed by atoms with E-state index in [1.165, 1.54) is 7.11 Å². The molecule has 0 aromatic heterocycles. The van der Waals surface area contributed by atoms with E-state index in [2.05, 4.69) is 5.32 Å². The highest BCUT2D eigenvalue weighted by Gasteiger charge is 2.65. The zero-order valence-electron chi connectivity index (χ0n) is 21.3. The van der Waals surface area contributed by atoms with Crippen molar-refractivity contribution in [2.45, 2.75) is 122 Å². The number of alkyl carbamates (subject to hydrolysis) is 1. The van der Waals surface area contributed by atoms with Crippen LogP contribution in [0.25, 0.3) is 0 Å². The van der Waals surface area contributed by atoms with Gasteiger partial charge in [-0.3, -0.25) is 0 Å². The van der Waals surface area contributed by atoms with Crippen LogP contribution in [0.4, 0.5) is 4.79 Å². The fraction of sp³-hybridized carbons (Fsp3) is 0.913. The Bertz CT molecular complexity index is 745. The number of methoxy groups -OCH3 is 1. The Balaban J connectivity index is 1.83. The summed E-state index contributed by atoms with van der Waals surface area (Å²) >= 11 is 0. The summed E-state index contributed by atoms with van der Waals surface area (Å²) in [7, 11) is 1.53. The van der Waals surface area contributed by atoms with E-state index in [4.69, 9.17) is 33.2 Å². The van der Waals surface area contributed by atoms with E-state index in [0.29, 0.717) is 0 Å². The molecule has 0 spiro atoms. The van der Waals surface area contributed by atoms with Crippen LogP contribution in [0.2, 0.25) is 0 Å². The molecule has 2 saturated heterocycles. The first-order valence-electron chi connectivity index (χ1n) is 11.5. The van der Waals surface area contributed by atoms with Crippen LogP contribution in [0.5, 0.6) is 0 Å². The second kappa shape index (κ2) is 8.96. The van der Waals surface area contributed by atoms with Crippen molar-refractivity contribution in [3.05, 3.63) is 0 Å². The van der Waals surface area contributed by atoms with Crippen LogP contribution in [-0.4, -0.2) is 79.0 Å². The van der Waals surface area contributed by atoms with Crippen molar-refractivity contribution in [2.24, 2.45) is 5.92 Å². The first kappa shape index (κ1) is 26.2. The lowest BCUT2D eigenvalue weighted by Gasteiger charge is -2.42. The van der Waals surface area contributed by atoms with Gasteiger partial charge in [0.1, 0.15) is 42.2 Å². The largest absolute Gasteiger partial charge is 0.455 e. The molecule has 0 radical (unpaired) electrons. The standard InChI is InChI=1S/C23H39NO9/c1-11(2)12(24-20(26)33-21(3,4)5)19(25)28-14-13(27-10)15-17(31-22(6,7)29-15)18-16(14)30-23(8,9)32-18/h11-18H,1-10H3,(H,24,26)/t12-,13?,14?,15?,16?,17?,18?/m0/s1. The summed E-state index contributed by atoms with van der Waals surface area (Å²) in [5.41, 5.74) is -0.699. The van der Waals surface area contributed by atoms with Crippen LogP contribution in [-0.2, 0) is 38.0 Å². The summed E-state index contributed by atoms with van der Waals surface area (Å²) in [6.07, 6.45) is -4.33. The smallest absolute Gasteiger partial charge is 0.408 e. The molecule has 1 N–H and O–H groups in total. The summed E-state index contributed by atoms with van der Waals surface area (Å²) in [5, 5.41) is 2.63. The average Bonchev–Trinajstić information content (AvgIpc) is 3.12. The number of esters is 1. The Labute approximate surface area is 195 Å². The van der Waals surface area contributed by atoms with E-state index in [1.54, 1.807) is 34.6 Å². The molecule has 190 valence electrons. The first-order chi connectivity index (χ1) is 15.0. The van der Waals surface area contributed by atoms with E-state index in [-0.39, 0.29) is 5.92 Å². The lowest BCUT2D eigenvalue weighted by molar-refractivity contribution is -0.205. The van der Waals surface area contributed by atoms with Gasteiger partial charge in [0.15, 0.2) is 17.7 Å². The van der Waals surface area contributed by atoms with Crippen LogP contribution in [0.1, 0.15) is 62.3 Å². The number of amides is 1. The topological polar surface area (TPSA) is 111 Å². The Kier molecular flexibility index (Phi) is 7.10. The summed E-state index contributed by atoms with van der Waals surface area (Å²) in [6, 6.07) is -0.930. The SMILES string of the molecule is COC1C(OC(=O)[C@@H](NC(=O)OC(C)(C)C)C(C)C)C2OC(C)(C)OC2C2OC(C)(C)OC12. The van der Waals surface area contributed by atoms with Gasteiger partial charge in [-0.1, -0.05) is 13.8 Å². The minimum absolute atomic E-state index is 0.250. The summed E-state index contributed by atoms with van der Waals surface area (Å²) < 4.78 is 41.5. The number of carbonyl (C=O) groups is 2. The molecule has 0 aromatic rings. The zero-order valence-corrected chi connectivity index (χ0v) is 21.3. The molecule has 1 aliphatic carbocycles. The second-order valence-electron chi connectivity index (χ2n) is 11.1. The molecule has 0 bridgehead atoms. The van der Waals surface area contributed by atoms with Gasteiger partial charge in [-0.15, -0.1) is 0 Å². The fourth-order valence-electron chi connectivity index (χ4n) is 4.57. The minimum atomic E-state index is -0.930. The number of hydrogen-bond acceptors (Lipinski definition) is 9. The quantitative estimate of drug-likeness (QED) is 0.602. The van der Waals surface area contributed by atoms with Gasteiger partial charge in [0.2, 0.25) is 0 Å². The second-order valence-corrected chi connectivity index (χ2v) is 11.1. The number of ether oxygens (including phenoxy) is 7. The van der Waals surface area contributed by atoms with Gasteiger partial charge in [0, 0.05) is 7.11 Å². The van der Waals surface area contributed by atoms with Crippen molar-refractivity contribution in [3.63, 3.8) is 0 Å². The monoisotopic (exact) mass is 473 g/mol. The maximum atomic E-state index is 13.3. The molecule has 0 aromatic carbocycles. The van der Waals surface area contributed by atoms with Gasteiger partial charge < -0.3 is 38.5 Å². The molecule has 2 aliphatic heterocycles. The van der Waals surface area contributed by atoms with Gasteiger partial charge in [0.25, 0.3) is 0 Å². The molecule has 33 heavy (non-hydrogen) atoms. The summed E-state index contributed by atoms with van der Waals surface area (Å²) in [5.74, 6) is -2.63. The first-order valence-corrected chi connectivity index (χ1v) is 11.5. The molecule has 3 rings (SSSR count). The van der Waals surface area contributed by atoms with Crippen LogP contribution in [0, 0.1) is 5.92 Å². The molecule has 7 atom stereocenters. The molecule has 1 amide bonds. The number of hydrogen-bond donors (Lipinski definition) is 1. The van der Waals surface area contributed by atoms with Gasteiger partial charge >= 0.3 is 12.1 Å². The molecule has 2 heterocycles. The maximum absolute atomic E-state index is 13.3. The minimum Gasteiger partial charge on any atom is -0.455 e. The predicted octanol–water partition coefficient (Wildman–Crippen LogP) is 2.52. The van der Waals surface area contributed by atoms with Crippen molar-refractivity contribution < 1.29 is 42.7 Å². The Morgan fingerprint density at radius 3 is 1.73 bits per heavy atom. The lowest BCUT2D eigenvalue weighted by Crippen LogP contribution is -2.64. The molecule has 10 heteroatoms. The molecule has 6 unspecified atom stereocenters. The van der Waals surface area contributed by atoms with Crippen LogP contribution in [0.3, 0.4) is 0 Å². The van der Waals surface area contributed by atoms with Crippen molar-refractivity contribution in [3.8, 4) is 0 Å². The maximum Gasteiger partial charge on any atom is 0.408 e. The van der Waals surface area contributed by atoms with E-state index in [1.807, 2.05) is 27.7 Å². The molecular formula is C23H39NO9. The van der Waals surface area contributed by atoms with E-state index >= 15 is 0 Å². The van der Waals surface area contributed by atoms with Crippen LogP contribution >= 0.6 is 0 Å². The number of rotatable bonds is 5. The zero-order chi connectivity index (χ0) is 24.9. The highest BCUT2D eigenvalue weighted by molar-refractivity contribution is 5.82. The summed E-state index contributed by atoms with van der Waals surface area (Å²) in [4.78, 5) is 25.6. The summed E-state index contributed by atoms with van der Waals surface area (Å²) in [6.45, 7) is 16.1. The Hall–Kier alpha value is -1.46. The highest BCUT2D eigenvalue weighted by Crippen LogP contribution is 2.46. The highest BCUT2D eigenvalue weighted by atomic mass is 16.8. The normalized spacial score (nSPS) is 35.5. The molecule has 1 saturated carbocycles. The number of fused-ring (bicyclic) bond motifs is 3. The van der Waals surface area contributed by atoms with Gasteiger partial charge in [-0.25, -0.2) is 9.59 Å². The van der Waals surface area contributed by atoms with Crippen LogP contribution in [0.15, 0.2) is 0 Å². The Morgan fingerprint density at radius 2 is 1.30 bits per heavy atom. The number of nitrogens with one attached hydrogen (secondary N) is 1. The van der Waals surface area contributed by atoms with Gasteiger partial charge in [0.05, 0.1) is 0 Å². The molecule has 10 nitrogen and oxygen atoms in total.